The molecule has 0 bridgehead atoms. The summed E-state index contributed by atoms with van der Waals surface area (Å²) in [6, 6.07) is 8.86. The minimum Gasteiger partial charge on any atom is -0.357 e. The van der Waals surface area contributed by atoms with Crippen LogP contribution < -0.4 is 10.6 Å². The Balaban J connectivity index is 1.51. The first kappa shape index (κ1) is 14.9. The van der Waals surface area contributed by atoms with Crippen LogP contribution in [0.4, 0.5) is 0 Å². The second-order valence-electron chi connectivity index (χ2n) is 6.00. The summed E-state index contributed by atoms with van der Waals surface area (Å²) in [6.45, 7) is 7.04. The number of imidazole rings is 1. The fourth-order valence-corrected chi connectivity index (χ4v) is 2.64. The summed E-state index contributed by atoms with van der Waals surface area (Å²) in [5.74, 6) is 1.73. The zero-order valence-corrected chi connectivity index (χ0v) is 13.4. The van der Waals surface area contributed by atoms with Gasteiger partial charge in [-0.25, -0.2) is 4.98 Å². The van der Waals surface area contributed by atoms with Gasteiger partial charge < -0.3 is 15.2 Å². The maximum atomic E-state index is 4.67. The normalized spacial score (nSPS) is 21.1. The molecule has 0 radical (unpaired) electrons. The first-order chi connectivity index (χ1) is 10.8. The zero-order valence-electron chi connectivity index (χ0n) is 13.4. The number of benzene rings is 1. The largest absolute Gasteiger partial charge is 0.357 e. The molecule has 1 aliphatic carbocycles. The Morgan fingerprint density at radius 1 is 1.41 bits per heavy atom. The van der Waals surface area contributed by atoms with Crippen molar-refractivity contribution in [3.63, 3.8) is 0 Å². The number of hydrogen-bond donors (Lipinski definition) is 2. The van der Waals surface area contributed by atoms with Crippen LogP contribution in [0, 0.1) is 5.92 Å². The van der Waals surface area contributed by atoms with Gasteiger partial charge in [-0.05, 0) is 37.8 Å². The van der Waals surface area contributed by atoms with E-state index in [1.807, 2.05) is 18.5 Å². The van der Waals surface area contributed by atoms with E-state index in [-0.39, 0.29) is 0 Å². The van der Waals surface area contributed by atoms with Crippen molar-refractivity contribution in [3.05, 3.63) is 30.6 Å². The molecular weight excluding hydrogens is 274 g/mol. The van der Waals surface area contributed by atoms with E-state index in [1.54, 1.807) is 0 Å². The van der Waals surface area contributed by atoms with Gasteiger partial charge in [0.2, 0.25) is 0 Å². The Kier molecular flexibility index (Phi) is 4.61. The molecule has 118 valence electrons. The summed E-state index contributed by atoms with van der Waals surface area (Å²) < 4.78 is 2.20. The molecule has 0 spiro atoms. The Morgan fingerprint density at radius 3 is 3.00 bits per heavy atom. The molecule has 22 heavy (non-hydrogen) atoms. The van der Waals surface area contributed by atoms with Gasteiger partial charge in [0.15, 0.2) is 5.96 Å². The van der Waals surface area contributed by atoms with Crippen LogP contribution in [0.25, 0.3) is 11.0 Å². The first-order valence-corrected chi connectivity index (χ1v) is 8.22. The van der Waals surface area contributed by atoms with E-state index in [0.29, 0.717) is 6.04 Å². The number of nitrogens with one attached hydrogen (secondary N) is 2. The standard InChI is InChI=1S/C17H25N5/c1-3-18-17(21-15-11-13(15)2)19-9-6-10-22-12-20-14-7-4-5-8-16(14)22/h4-5,7-8,12-13,15H,3,6,9-11H2,1-2H3,(H2,18,19,21). The number of para-hydroxylation sites is 2. The van der Waals surface area contributed by atoms with Crippen molar-refractivity contribution < 1.29 is 0 Å². The number of aromatic nitrogens is 2. The van der Waals surface area contributed by atoms with Gasteiger partial charge in [0.1, 0.15) is 0 Å². The van der Waals surface area contributed by atoms with E-state index in [0.717, 1.165) is 43.4 Å². The molecule has 1 aromatic carbocycles. The van der Waals surface area contributed by atoms with Crippen molar-refractivity contribution in [2.45, 2.75) is 39.3 Å². The van der Waals surface area contributed by atoms with Gasteiger partial charge in [0, 0.05) is 25.7 Å². The second kappa shape index (κ2) is 6.81. The van der Waals surface area contributed by atoms with Gasteiger partial charge in [-0.2, -0.15) is 0 Å². The zero-order chi connectivity index (χ0) is 15.4. The van der Waals surface area contributed by atoms with Crippen LogP contribution in [0.1, 0.15) is 26.7 Å². The van der Waals surface area contributed by atoms with Crippen LogP contribution in [0.2, 0.25) is 0 Å². The Hall–Kier alpha value is -2.04. The number of aliphatic imine (C=N–C) groups is 1. The second-order valence-corrected chi connectivity index (χ2v) is 6.00. The third-order valence-corrected chi connectivity index (χ3v) is 4.13. The SMILES string of the molecule is CCNC(=NCCCn1cnc2ccccc21)NC1CC1C. The number of aryl methyl sites for hydroxylation is 1. The highest BCUT2D eigenvalue weighted by atomic mass is 15.2. The molecule has 2 aromatic rings. The highest BCUT2D eigenvalue weighted by Gasteiger charge is 2.33. The number of fused-ring (bicyclic) bond motifs is 1. The highest BCUT2D eigenvalue weighted by molar-refractivity contribution is 5.80. The van der Waals surface area contributed by atoms with E-state index in [2.05, 4.69) is 51.2 Å². The molecule has 1 aliphatic rings. The van der Waals surface area contributed by atoms with Crippen LogP contribution in [-0.4, -0.2) is 34.6 Å². The molecule has 5 nitrogen and oxygen atoms in total. The van der Waals surface area contributed by atoms with Crippen molar-refractivity contribution in [1.82, 2.24) is 20.2 Å². The summed E-state index contributed by atoms with van der Waals surface area (Å²) >= 11 is 0. The summed E-state index contributed by atoms with van der Waals surface area (Å²) in [6.07, 6.45) is 4.19. The van der Waals surface area contributed by atoms with Crippen molar-refractivity contribution in [1.29, 1.82) is 0 Å². The van der Waals surface area contributed by atoms with Gasteiger partial charge in [-0.15, -0.1) is 0 Å². The van der Waals surface area contributed by atoms with Crippen molar-refractivity contribution >= 4 is 17.0 Å². The fraction of sp³-hybridized carbons (Fsp3) is 0.529. The lowest BCUT2D eigenvalue weighted by atomic mass is 10.3. The van der Waals surface area contributed by atoms with Gasteiger partial charge >= 0.3 is 0 Å². The van der Waals surface area contributed by atoms with Gasteiger partial charge in [0.05, 0.1) is 17.4 Å². The molecular formula is C17H25N5. The molecule has 1 heterocycles. The van der Waals surface area contributed by atoms with Crippen LogP contribution >= 0.6 is 0 Å². The Bertz CT molecular complexity index is 645. The van der Waals surface area contributed by atoms with Crippen molar-refractivity contribution in [2.24, 2.45) is 10.9 Å². The third kappa shape index (κ3) is 3.59. The third-order valence-electron chi connectivity index (χ3n) is 4.13. The lowest BCUT2D eigenvalue weighted by Crippen LogP contribution is -2.39. The molecule has 1 aromatic heterocycles. The fourth-order valence-electron chi connectivity index (χ4n) is 2.64. The summed E-state index contributed by atoms with van der Waals surface area (Å²) in [5.41, 5.74) is 2.26. The minimum absolute atomic E-state index is 0.607. The molecule has 1 fully saturated rings. The van der Waals surface area contributed by atoms with E-state index < -0.39 is 0 Å². The molecule has 2 atom stereocenters. The number of nitrogens with zero attached hydrogens (tertiary/aromatic N) is 3. The molecule has 2 unspecified atom stereocenters. The molecule has 3 rings (SSSR count). The van der Waals surface area contributed by atoms with Gasteiger partial charge in [-0.3, -0.25) is 4.99 Å². The van der Waals surface area contributed by atoms with Crippen LogP contribution in [0.3, 0.4) is 0 Å². The smallest absolute Gasteiger partial charge is 0.191 e. The van der Waals surface area contributed by atoms with Gasteiger partial charge in [0.25, 0.3) is 0 Å². The van der Waals surface area contributed by atoms with E-state index in [4.69, 9.17) is 0 Å². The Labute approximate surface area is 131 Å². The van der Waals surface area contributed by atoms with Crippen molar-refractivity contribution in [2.75, 3.05) is 13.1 Å². The van der Waals surface area contributed by atoms with E-state index in [9.17, 15) is 0 Å². The van der Waals surface area contributed by atoms with Crippen LogP contribution in [-0.2, 0) is 6.54 Å². The molecule has 1 saturated carbocycles. The van der Waals surface area contributed by atoms with E-state index in [1.165, 1.54) is 11.9 Å². The summed E-state index contributed by atoms with van der Waals surface area (Å²) in [5, 5.41) is 6.80. The summed E-state index contributed by atoms with van der Waals surface area (Å²) in [4.78, 5) is 9.09. The molecule has 0 aliphatic heterocycles. The van der Waals surface area contributed by atoms with Crippen molar-refractivity contribution in [3.8, 4) is 0 Å². The first-order valence-electron chi connectivity index (χ1n) is 8.22. The topological polar surface area (TPSA) is 54.2 Å². The number of rotatable bonds is 6. The minimum atomic E-state index is 0.607. The number of guanidine groups is 1. The number of hydrogen-bond acceptors (Lipinski definition) is 2. The van der Waals surface area contributed by atoms with Crippen LogP contribution in [0.15, 0.2) is 35.6 Å². The maximum Gasteiger partial charge on any atom is 0.191 e. The highest BCUT2D eigenvalue weighted by Crippen LogP contribution is 2.28. The predicted molar refractivity (Wildman–Crippen MR) is 91.0 cm³/mol. The Morgan fingerprint density at radius 2 is 2.23 bits per heavy atom. The van der Waals surface area contributed by atoms with E-state index >= 15 is 0 Å². The summed E-state index contributed by atoms with van der Waals surface area (Å²) in [7, 11) is 0. The lowest BCUT2D eigenvalue weighted by Gasteiger charge is -2.10. The molecule has 0 amide bonds. The van der Waals surface area contributed by atoms with Gasteiger partial charge in [-0.1, -0.05) is 19.1 Å². The average molecular weight is 299 g/mol. The van der Waals surface area contributed by atoms with Crippen LogP contribution in [0.5, 0.6) is 0 Å². The monoisotopic (exact) mass is 299 g/mol. The average Bonchev–Trinajstić information content (AvgIpc) is 3.07. The maximum absolute atomic E-state index is 4.67. The predicted octanol–water partition coefficient (Wildman–Crippen LogP) is 2.39. The molecule has 5 heteroatoms. The molecule has 2 N–H and O–H groups in total. The molecule has 0 saturated heterocycles. The quantitative estimate of drug-likeness (QED) is 0.489. The lowest BCUT2D eigenvalue weighted by molar-refractivity contribution is 0.660.